The van der Waals surface area contributed by atoms with Gasteiger partial charge in [-0.2, -0.15) is 13.2 Å². The number of alkyl halides is 3. The van der Waals surface area contributed by atoms with Gasteiger partial charge in [0.05, 0.1) is 5.56 Å². The van der Waals surface area contributed by atoms with E-state index in [0.29, 0.717) is 11.5 Å². The summed E-state index contributed by atoms with van der Waals surface area (Å²) in [6, 6.07) is 2.28. The molecule has 0 aromatic carbocycles. The van der Waals surface area contributed by atoms with Crippen LogP contribution in [-0.2, 0) is 6.18 Å². The van der Waals surface area contributed by atoms with Crippen molar-refractivity contribution >= 4 is 5.65 Å². The predicted molar refractivity (Wildman–Crippen MR) is 42.7 cm³/mol. The molecule has 0 radical (unpaired) electrons. The van der Waals surface area contributed by atoms with Crippen molar-refractivity contribution in [2.24, 2.45) is 0 Å². The molecular weight excluding hydrogens is 195 g/mol. The molecule has 0 aliphatic heterocycles. The Balaban J connectivity index is 2.66. The van der Waals surface area contributed by atoms with Crippen LogP contribution in [0.5, 0.6) is 0 Å². The van der Waals surface area contributed by atoms with Crippen molar-refractivity contribution in [1.29, 1.82) is 0 Å². The fourth-order valence-electron chi connectivity index (χ4n) is 1.17. The van der Waals surface area contributed by atoms with E-state index in [1.54, 1.807) is 6.92 Å². The highest BCUT2D eigenvalue weighted by molar-refractivity contribution is 5.39. The highest BCUT2D eigenvalue weighted by Crippen LogP contribution is 2.29. The van der Waals surface area contributed by atoms with E-state index in [2.05, 4.69) is 10.2 Å². The Morgan fingerprint density at radius 3 is 2.57 bits per heavy atom. The first-order valence-electron chi connectivity index (χ1n) is 3.87. The Morgan fingerprint density at radius 1 is 1.21 bits per heavy atom. The number of aromatic nitrogens is 3. The van der Waals surface area contributed by atoms with Crippen LogP contribution in [0.25, 0.3) is 5.65 Å². The lowest BCUT2D eigenvalue weighted by atomic mass is 10.3. The molecule has 0 fully saturated rings. The lowest BCUT2D eigenvalue weighted by Gasteiger charge is -2.06. The van der Waals surface area contributed by atoms with Crippen LogP contribution in [0.2, 0.25) is 0 Å². The van der Waals surface area contributed by atoms with Gasteiger partial charge in [-0.25, -0.2) is 0 Å². The van der Waals surface area contributed by atoms with Crippen LogP contribution in [-0.4, -0.2) is 14.6 Å². The topological polar surface area (TPSA) is 30.2 Å². The quantitative estimate of drug-likeness (QED) is 0.653. The van der Waals surface area contributed by atoms with Gasteiger partial charge < -0.3 is 0 Å². The maximum absolute atomic E-state index is 12.3. The van der Waals surface area contributed by atoms with E-state index in [4.69, 9.17) is 0 Å². The summed E-state index contributed by atoms with van der Waals surface area (Å²) in [7, 11) is 0. The van der Waals surface area contributed by atoms with Gasteiger partial charge >= 0.3 is 6.18 Å². The van der Waals surface area contributed by atoms with E-state index in [9.17, 15) is 13.2 Å². The number of fused-ring (bicyclic) bond motifs is 1. The van der Waals surface area contributed by atoms with Crippen LogP contribution in [0.15, 0.2) is 18.3 Å². The number of hydrogen-bond donors (Lipinski definition) is 0. The van der Waals surface area contributed by atoms with Gasteiger partial charge in [-0.05, 0) is 19.1 Å². The summed E-state index contributed by atoms with van der Waals surface area (Å²) in [4.78, 5) is 0. The lowest BCUT2D eigenvalue weighted by molar-refractivity contribution is -0.137. The maximum atomic E-state index is 12.3. The number of halogens is 3. The second kappa shape index (κ2) is 2.70. The van der Waals surface area contributed by atoms with Gasteiger partial charge in [-0.15, -0.1) is 10.2 Å². The molecule has 0 aliphatic rings. The van der Waals surface area contributed by atoms with Gasteiger partial charge in [-0.3, -0.25) is 4.40 Å². The van der Waals surface area contributed by atoms with Crippen LogP contribution >= 0.6 is 0 Å². The molecule has 0 aliphatic carbocycles. The third-order valence-electron chi connectivity index (χ3n) is 1.90. The molecule has 0 N–H and O–H groups in total. The third-order valence-corrected chi connectivity index (χ3v) is 1.90. The second-order valence-corrected chi connectivity index (χ2v) is 2.89. The SMILES string of the molecule is Cc1nnc2ccc(C(F)(F)F)cn12. The molecule has 2 rings (SSSR count). The third kappa shape index (κ3) is 1.32. The Kier molecular flexibility index (Phi) is 1.73. The van der Waals surface area contributed by atoms with E-state index in [1.807, 2.05) is 0 Å². The Labute approximate surface area is 77.2 Å². The van der Waals surface area contributed by atoms with Gasteiger partial charge in [0.2, 0.25) is 0 Å². The van der Waals surface area contributed by atoms with E-state index in [1.165, 1.54) is 10.5 Å². The van der Waals surface area contributed by atoms with Gasteiger partial charge in [0.1, 0.15) is 5.82 Å². The monoisotopic (exact) mass is 201 g/mol. The molecule has 0 unspecified atom stereocenters. The lowest BCUT2D eigenvalue weighted by Crippen LogP contribution is -2.06. The summed E-state index contributed by atoms with van der Waals surface area (Å²) in [5.41, 5.74) is -0.289. The van der Waals surface area contributed by atoms with Crippen LogP contribution in [0.1, 0.15) is 11.4 Å². The summed E-state index contributed by atoms with van der Waals surface area (Å²) in [5.74, 6) is 0.436. The molecule has 74 valence electrons. The highest BCUT2D eigenvalue weighted by atomic mass is 19.4. The van der Waals surface area contributed by atoms with E-state index < -0.39 is 11.7 Å². The first kappa shape index (κ1) is 8.98. The highest BCUT2D eigenvalue weighted by Gasteiger charge is 2.30. The normalized spacial score (nSPS) is 12.3. The van der Waals surface area contributed by atoms with Crippen molar-refractivity contribution in [3.63, 3.8) is 0 Å². The number of pyridine rings is 1. The van der Waals surface area contributed by atoms with Crippen molar-refractivity contribution in [2.45, 2.75) is 13.1 Å². The van der Waals surface area contributed by atoms with Crippen LogP contribution < -0.4 is 0 Å². The van der Waals surface area contributed by atoms with Crippen molar-refractivity contribution in [1.82, 2.24) is 14.6 Å². The number of aryl methyl sites for hydroxylation is 1. The molecule has 0 saturated heterocycles. The smallest absolute Gasteiger partial charge is 0.286 e. The van der Waals surface area contributed by atoms with Crippen molar-refractivity contribution in [3.8, 4) is 0 Å². The summed E-state index contributed by atoms with van der Waals surface area (Å²) in [5, 5.41) is 7.35. The zero-order valence-corrected chi connectivity index (χ0v) is 7.21. The summed E-state index contributed by atoms with van der Waals surface area (Å²) in [6.45, 7) is 1.60. The van der Waals surface area contributed by atoms with Crippen molar-refractivity contribution in [3.05, 3.63) is 29.7 Å². The average Bonchev–Trinajstić information content (AvgIpc) is 2.46. The molecule has 2 aromatic heterocycles. The maximum Gasteiger partial charge on any atom is 0.417 e. The van der Waals surface area contributed by atoms with Crippen LogP contribution in [0.4, 0.5) is 13.2 Å². The fraction of sp³-hybridized carbons (Fsp3) is 0.250. The van der Waals surface area contributed by atoms with E-state index in [0.717, 1.165) is 12.3 Å². The zero-order chi connectivity index (χ0) is 10.3. The van der Waals surface area contributed by atoms with E-state index in [-0.39, 0.29) is 0 Å². The van der Waals surface area contributed by atoms with Crippen LogP contribution in [0.3, 0.4) is 0 Å². The van der Waals surface area contributed by atoms with Crippen LogP contribution in [0, 0.1) is 6.92 Å². The van der Waals surface area contributed by atoms with Gasteiger partial charge in [0, 0.05) is 6.20 Å². The molecule has 0 spiro atoms. The first-order valence-corrected chi connectivity index (χ1v) is 3.87. The fourth-order valence-corrected chi connectivity index (χ4v) is 1.17. The average molecular weight is 201 g/mol. The molecule has 2 heterocycles. The van der Waals surface area contributed by atoms with Gasteiger partial charge in [0.15, 0.2) is 5.65 Å². The molecule has 0 bridgehead atoms. The minimum atomic E-state index is -4.33. The zero-order valence-electron chi connectivity index (χ0n) is 7.21. The number of rotatable bonds is 0. The minimum absolute atomic E-state index is 0.413. The molecular formula is C8H6F3N3. The second-order valence-electron chi connectivity index (χ2n) is 2.89. The molecule has 0 atom stereocenters. The summed E-state index contributed by atoms with van der Waals surface area (Å²) < 4.78 is 38.2. The standard InChI is InChI=1S/C8H6F3N3/c1-5-12-13-7-3-2-6(4-14(5)7)8(9,10)11/h2-4H,1H3. The van der Waals surface area contributed by atoms with Gasteiger partial charge in [-0.1, -0.05) is 0 Å². The predicted octanol–water partition coefficient (Wildman–Crippen LogP) is 2.06. The molecule has 2 aromatic rings. The van der Waals surface area contributed by atoms with Crippen molar-refractivity contribution < 1.29 is 13.2 Å². The molecule has 14 heavy (non-hydrogen) atoms. The Hall–Kier alpha value is -1.59. The molecule has 3 nitrogen and oxygen atoms in total. The molecule has 0 amide bonds. The Bertz CT molecular complexity index is 472. The minimum Gasteiger partial charge on any atom is -0.286 e. The summed E-state index contributed by atoms with van der Waals surface area (Å²) >= 11 is 0. The van der Waals surface area contributed by atoms with E-state index >= 15 is 0 Å². The first-order chi connectivity index (χ1) is 6.48. The van der Waals surface area contributed by atoms with Gasteiger partial charge in [0.25, 0.3) is 0 Å². The molecule has 0 saturated carbocycles. The largest absolute Gasteiger partial charge is 0.417 e. The Morgan fingerprint density at radius 2 is 1.93 bits per heavy atom. The number of hydrogen-bond acceptors (Lipinski definition) is 2. The van der Waals surface area contributed by atoms with Crippen molar-refractivity contribution in [2.75, 3.05) is 0 Å². The number of nitrogens with zero attached hydrogens (tertiary/aromatic N) is 3. The summed E-state index contributed by atoms with van der Waals surface area (Å²) in [6.07, 6.45) is -3.34. The molecule has 6 heteroatoms.